The standard InChI is InChI=1S/C15H22N2O2/c1-15(2,3)19-10-14(18)17-9-8-12(16)11-6-4-5-7-13(11)17/h4-7,12H,8-10,16H2,1-3H3. The molecule has 1 aliphatic rings. The number of carbonyl (C=O) groups is 1. The SMILES string of the molecule is CC(C)(C)OCC(=O)N1CCC(N)c2ccccc21. The molecule has 0 fully saturated rings. The summed E-state index contributed by atoms with van der Waals surface area (Å²) in [6.45, 7) is 6.60. The molecule has 0 saturated heterocycles. The first-order valence-electron chi connectivity index (χ1n) is 6.67. The largest absolute Gasteiger partial charge is 0.366 e. The Morgan fingerprint density at radius 2 is 2.11 bits per heavy atom. The van der Waals surface area contributed by atoms with E-state index in [1.165, 1.54) is 0 Å². The molecule has 4 nitrogen and oxygen atoms in total. The van der Waals surface area contributed by atoms with Gasteiger partial charge in [0.25, 0.3) is 5.91 Å². The fraction of sp³-hybridized carbons (Fsp3) is 0.533. The number of nitrogens with zero attached hydrogens (tertiary/aromatic N) is 1. The fourth-order valence-electron chi connectivity index (χ4n) is 2.21. The van der Waals surface area contributed by atoms with Gasteiger partial charge in [-0.25, -0.2) is 0 Å². The van der Waals surface area contributed by atoms with Gasteiger partial charge in [0.2, 0.25) is 0 Å². The van der Waals surface area contributed by atoms with Crippen molar-refractivity contribution in [3.8, 4) is 0 Å². The van der Waals surface area contributed by atoms with Crippen molar-refractivity contribution in [2.75, 3.05) is 18.1 Å². The summed E-state index contributed by atoms with van der Waals surface area (Å²) >= 11 is 0. The lowest BCUT2D eigenvalue weighted by Crippen LogP contribution is -2.41. The van der Waals surface area contributed by atoms with Gasteiger partial charge in [-0.05, 0) is 38.8 Å². The van der Waals surface area contributed by atoms with Crippen LogP contribution in [-0.4, -0.2) is 24.7 Å². The predicted molar refractivity (Wildman–Crippen MR) is 76.0 cm³/mol. The zero-order valence-corrected chi connectivity index (χ0v) is 11.8. The van der Waals surface area contributed by atoms with Gasteiger partial charge in [-0.1, -0.05) is 18.2 Å². The van der Waals surface area contributed by atoms with Crippen LogP contribution < -0.4 is 10.6 Å². The maximum atomic E-state index is 12.3. The van der Waals surface area contributed by atoms with E-state index in [4.69, 9.17) is 10.5 Å². The van der Waals surface area contributed by atoms with Gasteiger partial charge in [0.1, 0.15) is 6.61 Å². The Labute approximate surface area is 114 Å². The molecule has 1 heterocycles. The Morgan fingerprint density at radius 3 is 2.79 bits per heavy atom. The lowest BCUT2D eigenvalue weighted by Gasteiger charge is -2.33. The van der Waals surface area contributed by atoms with Crippen molar-refractivity contribution in [1.82, 2.24) is 0 Å². The lowest BCUT2D eigenvalue weighted by molar-refractivity contribution is -0.128. The zero-order chi connectivity index (χ0) is 14.0. The van der Waals surface area contributed by atoms with Crippen LogP contribution in [0.1, 0.15) is 38.8 Å². The maximum Gasteiger partial charge on any atom is 0.253 e. The molecule has 104 valence electrons. The third kappa shape index (κ3) is 3.33. The molecule has 1 aromatic rings. The smallest absolute Gasteiger partial charge is 0.253 e. The van der Waals surface area contributed by atoms with Gasteiger partial charge >= 0.3 is 0 Å². The third-order valence-corrected chi connectivity index (χ3v) is 3.22. The first-order valence-corrected chi connectivity index (χ1v) is 6.67. The number of hydrogen-bond acceptors (Lipinski definition) is 3. The van der Waals surface area contributed by atoms with E-state index in [1.54, 1.807) is 4.90 Å². The first kappa shape index (κ1) is 14.0. The Hall–Kier alpha value is -1.39. The van der Waals surface area contributed by atoms with Gasteiger partial charge in [-0.2, -0.15) is 0 Å². The van der Waals surface area contributed by atoms with Gasteiger partial charge in [-0.3, -0.25) is 4.79 Å². The topological polar surface area (TPSA) is 55.6 Å². The maximum absolute atomic E-state index is 12.3. The molecule has 2 N–H and O–H groups in total. The van der Waals surface area contributed by atoms with Crippen LogP contribution in [0.3, 0.4) is 0 Å². The summed E-state index contributed by atoms with van der Waals surface area (Å²) < 4.78 is 5.56. The summed E-state index contributed by atoms with van der Waals surface area (Å²) in [6, 6.07) is 7.84. The van der Waals surface area contributed by atoms with E-state index in [0.29, 0.717) is 6.54 Å². The highest BCUT2D eigenvalue weighted by atomic mass is 16.5. The molecule has 0 spiro atoms. The fourth-order valence-corrected chi connectivity index (χ4v) is 2.21. The summed E-state index contributed by atoms with van der Waals surface area (Å²) in [5.41, 5.74) is 7.74. The van der Waals surface area contributed by atoms with Crippen LogP contribution in [0.15, 0.2) is 24.3 Å². The van der Waals surface area contributed by atoms with E-state index in [2.05, 4.69) is 0 Å². The number of benzene rings is 1. The molecular weight excluding hydrogens is 240 g/mol. The number of amides is 1. The number of anilines is 1. The molecule has 0 aromatic heterocycles. The van der Waals surface area contributed by atoms with Gasteiger partial charge < -0.3 is 15.4 Å². The number of nitrogens with two attached hydrogens (primary N) is 1. The zero-order valence-electron chi connectivity index (χ0n) is 11.8. The summed E-state index contributed by atoms with van der Waals surface area (Å²) in [6.07, 6.45) is 0.790. The van der Waals surface area contributed by atoms with Crippen LogP contribution >= 0.6 is 0 Å². The van der Waals surface area contributed by atoms with Gasteiger partial charge in [0, 0.05) is 18.3 Å². The Bertz CT molecular complexity index is 465. The molecule has 4 heteroatoms. The number of fused-ring (bicyclic) bond motifs is 1. The molecule has 1 atom stereocenters. The van der Waals surface area contributed by atoms with Crippen LogP contribution in [-0.2, 0) is 9.53 Å². The number of carbonyl (C=O) groups excluding carboxylic acids is 1. The minimum absolute atomic E-state index is 0.00530. The molecule has 1 amide bonds. The second-order valence-corrected chi connectivity index (χ2v) is 5.90. The highest BCUT2D eigenvalue weighted by molar-refractivity contribution is 5.95. The van der Waals surface area contributed by atoms with Crippen molar-refractivity contribution >= 4 is 11.6 Å². The highest BCUT2D eigenvalue weighted by Gasteiger charge is 2.27. The van der Waals surface area contributed by atoms with Crippen LogP contribution in [0.5, 0.6) is 0 Å². The molecule has 0 saturated carbocycles. The van der Waals surface area contributed by atoms with Crippen molar-refractivity contribution in [2.24, 2.45) is 5.73 Å². The summed E-state index contributed by atoms with van der Waals surface area (Å²) in [4.78, 5) is 14.1. The number of ether oxygens (including phenoxy) is 1. The highest BCUT2D eigenvalue weighted by Crippen LogP contribution is 2.32. The number of rotatable bonds is 2. The van der Waals surface area contributed by atoms with Crippen molar-refractivity contribution < 1.29 is 9.53 Å². The third-order valence-electron chi connectivity index (χ3n) is 3.22. The molecule has 19 heavy (non-hydrogen) atoms. The minimum atomic E-state index is -0.304. The quantitative estimate of drug-likeness (QED) is 0.889. The monoisotopic (exact) mass is 262 g/mol. The summed E-state index contributed by atoms with van der Waals surface area (Å²) in [5, 5.41) is 0. The molecule has 1 unspecified atom stereocenters. The van der Waals surface area contributed by atoms with Crippen molar-refractivity contribution in [3.63, 3.8) is 0 Å². The molecule has 1 aromatic carbocycles. The first-order chi connectivity index (χ1) is 8.88. The van der Waals surface area contributed by atoms with Crippen LogP contribution in [0.4, 0.5) is 5.69 Å². The average molecular weight is 262 g/mol. The van der Waals surface area contributed by atoms with E-state index in [1.807, 2.05) is 45.0 Å². The molecular formula is C15H22N2O2. The molecule has 0 radical (unpaired) electrons. The van der Waals surface area contributed by atoms with Gasteiger partial charge in [0.15, 0.2) is 0 Å². The number of hydrogen-bond donors (Lipinski definition) is 1. The van der Waals surface area contributed by atoms with E-state index < -0.39 is 0 Å². The van der Waals surface area contributed by atoms with Crippen molar-refractivity contribution in [2.45, 2.75) is 38.8 Å². The van der Waals surface area contributed by atoms with Crippen molar-refractivity contribution in [3.05, 3.63) is 29.8 Å². The Kier molecular flexibility index (Phi) is 3.92. The second kappa shape index (κ2) is 5.31. The Balaban J connectivity index is 2.14. The molecule has 0 aliphatic carbocycles. The molecule has 0 bridgehead atoms. The van der Waals surface area contributed by atoms with E-state index in [0.717, 1.165) is 17.7 Å². The molecule has 2 rings (SSSR count). The second-order valence-electron chi connectivity index (χ2n) is 5.90. The normalized spacial score (nSPS) is 19.2. The van der Waals surface area contributed by atoms with E-state index >= 15 is 0 Å². The van der Waals surface area contributed by atoms with Crippen LogP contribution in [0, 0.1) is 0 Å². The number of para-hydroxylation sites is 1. The van der Waals surface area contributed by atoms with Crippen molar-refractivity contribution in [1.29, 1.82) is 0 Å². The van der Waals surface area contributed by atoms with Crippen LogP contribution in [0.2, 0.25) is 0 Å². The van der Waals surface area contributed by atoms with E-state index in [-0.39, 0.29) is 24.2 Å². The van der Waals surface area contributed by atoms with Gasteiger partial charge in [0.05, 0.1) is 5.60 Å². The van der Waals surface area contributed by atoms with Crippen LogP contribution in [0.25, 0.3) is 0 Å². The van der Waals surface area contributed by atoms with Gasteiger partial charge in [-0.15, -0.1) is 0 Å². The predicted octanol–water partition coefficient (Wildman–Crippen LogP) is 2.24. The lowest BCUT2D eigenvalue weighted by atomic mass is 9.97. The van der Waals surface area contributed by atoms with E-state index in [9.17, 15) is 4.79 Å². The summed E-state index contributed by atoms with van der Waals surface area (Å²) in [5.74, 6) is -0.00530. The summed E-state index contributed by atoms with van der Waals surface area (Å²) in [7, 11) is 0. The Morgan fingerprint density at radius 1 is 1.42 bits per heavy atom. The molecule has 1 aliphatic heterocycles. The average Bonchev–Trinajstić information content (AvgIpc) is 2.36. The minimum Gasteiger partial charge on any atom is -0.366 e.